The fourth-order valence-electron chi connectivity index (χ4n) is 3.08. The zero-order valence-electron chi connectivity index (χ0n) is 13.6. The van der Waals surface area contributed by atoms with E-state index in [-0.39, 0.29) is 29.8 Å². The van der Waals surface area contributed by atoms with Crippen molar-refractivity contribution in [2.24, 2.45) is 17.2 Å². The summed E-state index contributed by atoms with van der Waals surface area (Å²) >= 11 is 0. The highest BCUT2D eigenvalue weighted by atomic mass is 16.3. The van der Waals surface area contributed by atoms with Crippen LogP contribution in [0.1, 0.15) is 24.5 Å². The van der Waals surface area contributed by atoms with Crippen molar-refractivity contribution in [1.82, 2.24) is 15.6 Å². The minimum absolute atomic E-state index is 0.178. The van der Waals surface area contributed by atoms with Crippen molar-refractivity contribution < 1.29 is 5.11 Å². The van der Waals surface area contributed by atoms with Gasteiger partial charge in [-0.15, -0.1) is 0 Å². The van der Waals surface area contributed by atoms with E-state index in [0.29, 0.717) is 24.2 Å². The number of aliphatic hydroxyl groups excluding tert-OH is 1. The van der Waals surface area contributed by atoms with Gasteiger partial charge in [-0.3, -0.25) is 21.2 Å². The highest BCUT2D eigenvalue weighted by Gasteiger charge is 2.38. The van der Waals surface area contributed by atoms with Gasteiger partial charge in [0.05, 0.1) is 24.0 Å². The molecule has 25 heavy (non-hydrogen) atoms. The highest BCUT2D eigenvalue weighted by Crippen LogP contribution is 2.33. The largest absolute Gasteiger partial charge is 0.391 e. The number of guanidine groups is 3. The summed E-state index contributed by atoms with van der Waals surface area (Å²) < 4.78 is 0. The van der Waals surface area contributed by atoms with Crippen LogP contribution < -0.4 is 33.2 Å². The molecule has 0 amide bonds. The van der Waals surface area contributed by atoms with E-state index in [2.05, 4.69) is 20.9 Å². The predicted molar refractivity (Wildman–Crippen MR) is 95.4 cm³/mol. The van der Waals surface area contributed by atoms with Gasteiger partial charge in [-0.1, -0.05) is 0 Å². The summed E-state index contributed by atoms with van der Waals surface area (Å²) in [6.45, 7) is 0. The second-order valence-corrected chi connectivity index (χ2v) is 5.98. The van der Waals surface area contributed by atoms with Gasteiger partial charge in [0.2, 0.25) is 0 Å². The lowest BCUT2D eigenvalue weighted by Crippen LogP contribution is -2.56. The molecule has 0 bridgehead atoms. The number of aliphatic hydroxyl groups is 1. The lowest BCUT2D eigenvalue weighted by molar-refractivity contribution is 0.0770. The first-order valence-corrected chi connectivity index (χ1v) is 7.72. The molecular formula is C14H24N10O. The molecule has 0 aromatic carbocycles. The van der Waals surface area contributed by atoms with Crippen LogP contribution in [0.5, 0.6) is 0 Å². The van der Waals surface area contributed by atoms with Crippen molar-refractivity contribution in [2.75, 3.05) is 5.32 Å². The summed E-state index contributed by atoms with van der Waals surface area (Å²) in [6.07, 6.45) is 1.60. The maximum absolute atomic E-state index is 10.4. The van der Waals surface area contributed by atoms with E-state index in [1.165, 1.54) is 0 Å². The molecule has 0 aliphatic heterocycles. The Bertz CT molecular complexity index is 646. The minimum Gasteiger partial charge on any atom is -0.391 e. The number of nitrogens with zero attached hydrogens (tertiary/aromatic N) is 1. The maximum atomic E-state index is 10.4. The number of rotatable bonds is 4. The molecule has 136 valence electrons. The van der Waals surface area contributed by atoms with Crippen molar-refractivity contribution in [1.29, 1.82) is 16.2 Å². The molecule has 1 aromatic heterocycles. The first-order valence-electron chi connectivity index (χ1n) is 7.72. The van der Waals surface area contributed by atoms with Crippen LogP contribution in [0.4, 0.5) is 5.69 Å². The number of nitrogens with two attached hydrogens (primary N) is 3. The number of hydrogen-bond donors (Lipinski definition) is 10. The second-order valence-electron chi connectivity index (χ2n) is 5.98. The highest BCUT2D eigenvalue weighted by molar-refractivity contribution is 5.89. The van der Waals surface area contributed by atoms with Crippen molar-refractivity contribution in [3.63, 3.8) is 0 Å². The molecule has 0 unspecified atom stereocenters. The van der Waals surface area contributed by atoms with Crippen LogP contribution in [0.3, 0.4) is 0 Å². The molecule has 13 N–H and O–H groups in total. The Kier molecular flexibility index (Phi) is 5.60. The third-order valence-electron chi connectivity index (χ3n) is 4.08. The fraction of sp³-hybridized carbons (Fsp3) is 0.429. The van der Waals surface area contributed by atoms with Crippen molar-refractivity contribution in [2.45, 2.75) is 36.9 Å². The molecule has 11 heteroatoms. The standard InChI is InChI=1S/C14H24N10O/c15-12(16)22-6-1-2-8(21-5-6)7-3-11(25)10(24-14(19)20)4-9(7)23-13(17)18/h1-2,5,7,9-11,25H,3-4H2,(H4,15,16,22)(H4,17,18,23)(H4,19,20,24)/t7-,9+,10-,11-/m1/s1. The van der Waals surface area contributed by atoms with E-state index < -0.39 is 12.1 Å². The molecule has 1 aromatic rings. The first kappa shape index (κ1) is 18.3. The van der Waals surface area contributed by atoms with Crippen molar-refractivity contribution in [3.8, 4) is 0 Å². The van der Waals surface area contributed by atoms with E-state index in [0.717, 1.165) is 0 Å². The van der Waals surface area contributed by atoms with Crippen LogP contribution in [-0.4, -0.2) is 46.2 Å². The SMILES string of the molecule is N=C(N)Nc1ccc([C@H]2C[C@@H](O)[C@H](NC(=N)N)C[C@@H]2NC(=N)N)nc1. The van der Waals surface area contributed by atoms with Gasteiger partial charge in [0.25, 0.3) is 0 Å². The Morgan fingerprint density at radius 2 is 1.64 bits per heavy atom. The molecule has 4 atom stereocenters. The Labute approximate surface area is 144 Å². The first-order chi connectivity index (χ1) is 11.8. The normalized spacial score (nSPS) is 25.6. The molecule has 0 radical (unpaired) electrons. The zero-order chi connectivity index (χ0) is 18.6. The van der Waals surface area contributed by atoms with Gasteiger partial charge in [-0.2, -0.15) is 0 Å². The van der Waals surface area contributed by atoms with Crippen LogP contribution in [0.25, 0.3) is 0 Å². The third-order valence-corrected chi connectivity index (χ3v) is 4.08. The molecule has 1 heterocycles. The summed E-state index contributed by atoms with van der Waals surface area (Å²) in [7, 11) is 0. The molecule has 1 aliphatic carbocycles. The van der Waals surface area contributed by atoms with Gasteiger partial charge < -0.3 is 38.3 Å². The second kappa shape index (κ2) is 7.66. The summed E-state index contributed by atoms with van der Waals surface area (Å²) in [5, 5.41) is 40.7. The summed E-state index contributed by atoms with van der Waals surface area (Å²) in [5.74, 6) is -0.767. The monoisotopic (exact) mass is 348 g/mol. The van der Waals surface area contributed by atoms with Crippen LogP contribution >= 0.6 is 0 Å². The Balaban J connectivity index is 2.19. The van der Waals surface area contributed by atoms with E-state index in [9.17, 15) is 5.11 Å². The number of pyridine rings is 1. The topological polar surface area (TPSA) is 219 Å². The van der Waals surface area contributed by atoms with Gasteiger partial charge in [0, 0.05) is 17.7 Å². The lowest BCUT2D eigenvalue weighted by Gasteiger charge is -2.39. The van der Waals surface area contributed by atoms with E-state index in [1.54, 1.807) is 18.3 Å². The Hall–Kier alpha value is -3.08. The molecule has 2 rings (SSSR count). The third kappa shape index (κ3) is 4.94. The quantitative estimate of drug-likeness (QED) is 0.223. The summed E-state index contributed by atoms with van der Waals surface area (Å²) in [4.78, 5) is 4.37. The van der Waals surface area contributed by atoms with E-state index in [1.807, 2.05) is 0 Å². The zero-order valence-corrected chi connectivity index (χ0v) is 13.6. The predicted octanol–water partition coefficient (Wildman–Crippen LogP) is -1.67. The lowest BCUT2D eigenvalue weighted by atomic mass is 9.78. The van der Waals surface area contributed by atoms with Gasteiger partial charge in [0.1, 0.15) is 0 Å². The van der Waals surface area contributed by atoms with Gasteiger partial charge in [0.15, 0.2) is 17.9 Å². The van der Waals surface area contributed by atoms with Crippen molar-refractivity contribution >= 4 is 23.6 Å². The molecular weight excluding hydrogens is 324 g/mol. The number of nitrogens with one attached hydrogen (secondary N) is 6. The van der Waals surface area contributed by atoms with Crippen LogP contribution in [0, 0.1) is 16.2 Å². The van der Waals surface area contributed by atoms with Crippen LogP contribution in [0.15, 0.2) is 18.3 Å². The Morgan fingerprint density at radius 3 is 2.16 bits per heavy atom. The van der Waals surface area contributed by atoms with E-state index in [4.69, 9.17) is 33.4 Å². The Morgan fingerprint density at radius 1 is 1.00 bits per heavy atom. The molecule has 11 nitrogen and oxygen atoms in total. The maximum Gasteiger partial charge on any atom is 0.190 e. The van der Waals surface area contributed by atoms with Gasteiger partial charge >= 0.3 is 0 Å². The van der Waals surface area contributed by atoms with Crippen molar-refractivity contribution in [3.05, 3.63) is 24.0 Å². The average molecular weight is 348 g/mol. The van der Waals surface area contributed by atoms with Gasteiger partial charge in [-0.05, 0) is 25.0 Å². The number of hydrogen-bond acceptors (Lipinski definition) is 5. The average Bonchev–Trinajstić information content (AvgIpc) is 2.49. The fourth-order valence-corrected chi connectivity index (χ4v) is 3.08. The smallest absolute Gasteiger partial charge is 0.190 e. The summed E-state index contributed by atoms with van der Waals surface area (Å²) in [6, 6.07) is 2.85. The molecule has 1 saturated carbocycles. The number of anilines is 1. The molecule has 0 saturated heterocycles. The number of aromatic nitrogens is 1. The molecule has 1 aliphatic rings. The minimum atomic E-state index is -0.726. The molecule has 0 spiro atoms. The summed E-state index contributed by atoms with van der Waals surface area (Å²) in [5.41, 5.74) is 17.4. The van der Waals surface area contributed by atoms with Gasteiger partial charge in [-0.25, -0.2) is 0 Å². The van der Waals surface area contributed by atoms with E-state index >= 15 is 0 Å². The molecule has 1 fully saturated rings. The van der Waals surface area contributed by atoms with Crippen LogP contribution in [0.2, 0.25) is 0 Å². The van der Waals surface area contributed by atoms with Crippen LogP contribution in [-0.2, 0) is 0 Å².